The molecule has 0 aromatic rings. The molecule has 8 heavy (non-hydrogen) atoms. The van der Waals surface area contributed by atoms with Crippen LogP contribution in [0.15, 0.2) is 12.7 Å². The van der Waals surface area contributed by atoms with Crippen LogP contribution in [-0.2, 0) is 4.79 Å². The van der Waals surface area contributed by atoms with E-state index in [-0.39, 0.29) is 0 Å². The smallest absolute Gasteiger partial charge is 0.233 e. The number of hydrogen-bond donors (Lipinski definition) is 1. The van der Waals surface area contributed by atoms with Gasteiger partial charge in [-0.3, -0.25) is 10.0 Å². The number of rotatable bonds is 4. The number of carbonyl (C=O) groups excluding carboxylic acids is 1. The van der Waals surface area contributed by atoms with Crippen LogP contribution in [0, 0.1) is 0 Å². The van der Waals surface area contributed by atoms with Crippen LogP contribution in [0.4, 0.5) is 0 Å². The fourth-order valence-corrected chi connectivity index (χ4v) is 0.276. The maximum Gasteiger partial charge on any atom is 0.233 e. The monoisotopic (exact) mass is 115 g/mol. The maximum absolute atomic E-state index is 9.65. The second kappa shape index (κ2) is 4.33. The van der Waals surface area contributed by atoms with Crippen LogP contribution in [0.25, 0.3) is 0 Å². The molecule has 0 rings (SSSR count). The van der Waals surface area contributed by atoms with Gasteiger partial charge in [-0.25, -0.2) is 5.06 Å². The van der Waals surface area contributed by atoms with Crippen LogP contribution in [0.5, 0.6) is 0 Å². The summed E-state index contributed by atoms with van der Waals surface area (Å²) in [6.07, 6.45) is 2.62. The second-order valence-electron chi connectivity index (χ2n) is 1.35. The van der Waals surface area contributed by atoms with Crippen molar-refractivity contribution < 1.29 is 10.0 Å². The molecule has 1 amide bonds. The van der Waals surface area contributed by atoms with E-state index >= 15 is 0 Å². The molecule has 0 bridgehead atoms. The molecular formula is C5H9NO2. The van der Waals surface area contributed by atoms with Crippen LogP contribution >= 0.6 is 0 Å². The molecule has 0 spiro atoms. The van der Waals surface area contributed by atoms with Gasteiger partial charge in [-0.15, -0.1) is 6.58 Å². The molecule has 0 aromatic heterocycles. The number of carbonyl (C=O) groups is 1. The minimum atomic E-state index is 0.326. The van der Waals surface area contributed by atoms with Gasteiger partial charge in [0.25, 0.3) is 0 Å². The van der Waals surface area contributed by atoms with Gasteiger partial charge in [-0.1, -0.05) is 6.08 Å². The Morgan fingerprint density at radius 1 is 1.75 bits per heavy atom. The Bertz CT molecular complexity index is 82.5. The van der Waals surface area contributed by atoms with E-state index in [1.165, 1.54) is 0 Å². The lowest BCUT2D eigenvalue weighted by Gasteiger charge is -2.03. The van der Waals surface area contributed by atoms with E-state index in [1.807, 2.05) is 0 Å². The van der Waals surface area contributed by atoms with Gasteiger partial charge in [0.15, 0.2) is 0 Å². The van der Waals surface area contributed by atoms with Gasteiger partial charge in [0.2, 0.25) is 6.41 Å². The fraction of sp³-hybridized carbons (Fsp3) is 0.400. The summed E-state index contributed by atoms with van der Waals surface area (Å²) in [5.41, 5.74) is 0. The van der Waals surface area contributed by atoms with Crippen molar-refractivity contribution >= 4 is 6.41 Å². The summed E-state index contributed by atoms with van der Waals surface area (Å²) >= 11 is 0. The Balaban J connectivity index is 3.09. The summed E-state index contributed by atoms with van der Waals surface area (Å²) in [5, 5.41) is 8.99. The lowest BCUT2D eigenvalue weighted by molar-refractivity contribution is -0.149. The van der Waals surface area contributed by atoms with Gasteiger partial charge >= 0.3 is 0 Å². The van der Waals surface area contributed by atoms with Gasteiger partial charge in [-0.05, 0) is 6.42 Å². The molecule has 0 saturated heterocycles. The van der Waals surface area contributed by atoms with E-state index in [0.717, 1.165) is 0 Å². The average Bonchev–Trinajstić information content (AvgIpc) is 1.83. The Morgan fingerprint density at radius 3 is 2.75 bits per heavy atom. The van der Waals surface area contributed by atoms with Gasteiger partial charge in [0.05, 0.1) is 6.54 Å². The van der Waals surface area contributed by atoms with Crippen LogP contribution < -0.4 is 0 Å². The van der Waals surface area contributed by atoms with Gasteiger partial charge in [0.1, 0.15) is 0 Å². The zero-order valence-corrected chi connectivity index (χ0v) is 4.58. The molecule has 0 fully saturated rings. The van der Waals surface area contributed by atoms with E-state index in [2.05, 4.69) is 6.58 Å². The third-order valence-electron chi connectivity index (χ3n) is 0.684. The van der Waals surface area contributed by atoms with Crippen molar-refractivity contribution in [3.8, 4) is 0 Å². The lowest BCUT2D eigenvalue weighted by atomic mass is 10.4. The van der Waals surface area contributed by atoms with E-state index in [4.69, 9.17) is 5.21 Å². The van der Waals surface area contributed by atoms with Gasteiger partial charge in [0, 0.05) is 0 Å². The SMILES string of the molecule is C=CCCN(O)C=O. The molecule has 0 aliphatic rings. The average molecular weight is 115 g/mol. The summed E-state index contributed by atoms with van der Waals surface area (Å²) in [4.78, 5) is 9.65. The number of hydroxylamine groups is 2. The predicted molar refractivity (Wildman–Crippen MR) is 29.4 cm³/mol. The van der Waals surface area contributed by atoms with Crippen molar-refractivity contribution in [1.82, 2.24) is 5.06 Å². The first-order chi connectivity index (χ1) is 3.81. The van der Waals surface area contributed by atoms with E-state index in [1.54, 1.807) is 6.08 Å². The molecule has 0 atom stereocenters. The third-order valence-corrected chi connectivity index (χ3v) is 0.684. The maximum atomic E-state index is 9.65. The number of amides is 1. The van der Waals surface area contributed by atoms with E-state index in [9.17, 15) is 4.79 Å². The topological polar surface area (TPSA) is 40.5 Å². The summed E-state index contributed by atoms with van der Waals surface area (Å²) in [6, 6.07) is 0. The highest BCUT2D eigenvalue weighted by molar-refractivity contribution is 5.44. The normalized spacial score (nSPS) is 8.12. The molecule has 0 unspecified atom stereocenters. The summed E-state index contributed by atoms with van der Waals surface area (Å²) < 4.78 is 0. The Kier molecular flexibility index (Phi) is 3.88. The largest absolute Gasteiger partial charge is 0.286 e. The highest BCUT2D eigenvalue weighted by Crippen LogP contribution is 1.81. The van der Waals surface area contributed by atoms with Crippen LogP contribution in [0.2, 0.25) is 0 Å². The molecule has 0 radical (unpaired) electrons. The van der Waals surface area contributed by atoms with Crippen molar-refractivity contribution in [1.29, 1.82) is 0 Å². The summed E-state index contributed by atoms with van der Waals surface area (Å²) in [6.45, 7) is 3.74. The molecule has 0 aromatic carbocycles. The van der Waals surface area contributed by atoms with Crippen LogP contribution in [0.1, 0.15) is 6.42 Å². The van der Waals surface area contributed by atoms with Gasteiger partial charge in [-0.2, -0.15) is 0 Å². The number of hydrogen-bond acceptors (Lipinski definition) is 2. The first-order valence-corrected chi connectivity index (χ1v) is 2.33. The molecule has 3 heteroatoms. The lowest BCUT2D eigenvalue weighted by Crippen LogP contribution is -2.17. The summed E-state index contributed by atoms with van der Waals surface area (Å²) in [7, 11) is 0. The number of nitrogens with zero attached hydrogens (tertiary/aromatic N) is 1. The zero-order chi connectivity index (χ0) is 6.41. The first kappa shape index (κ1) is 7.17. The van der Waals surface area contributed by atoms with Crippen LogP contribution in [0.3, 0.4) is 0 Å². The Labute approximate surface area is 48.2 Å². The van der Waals surface area contributed by atoms with E-state index in [0.29, 0.717) is 24.4 Å². The molecule has 0 aliphatic heterocycles. The molecule has 0 heterocycles. The summed E-state index contributed by atoms with van der Waals surface area (Å²) in [5.74, 6) is 0. The molecular weight excluding hydrogens is 106 g/mol. The van der Waals surface area contributed by atoms with Crippen LogP contribution in [-0.4, -0.2) is 23.2 Å². The predicted octanol–water partition coefficient (Wildman–Crippen LogP) is 0.410. The highest BCUT2D eigenvalue weighted by atomic mass is 16.5. The van der Waals surface area contributed by atoms with Crippen molar-refractivity contribution in [3.63, 3.8) is 0 Å². The standard InChI is InChI=1S/C5H9NO2/c1-2-3-4-6(8)5-7/h2,5,8H,1,3-4H2. The fourth-order valence-electron chi connectivity index (χ4n) is 0.276. The highest BCUT2D eigenvalue weighted by Gasteiger charge is 1.88. The molecule has 0 saturated carbocycles. The zero-order valence-electron chi connectivity index (χ0n) is 4.58. The molecule has 1 N–H and O–H groups in total. The van der Waals surface area contributed by atoms with Crippen molar-refractivity contribution in [2.45, 2.75) is 6.42 Å². The molecule has 3 nitrogen and oxygen atoms in total. The third kappa shape index (κ3) is 3.36. The molecule has 0 aliphatic carbocycles. The minimum Gasteiger partial charge on any atom is -0.286 e. The van der Waals surface area contributed by atoms with Crippen molar-refractivity contribution in [3.05, 3.63) is 12.7 Å². The second-order valence-corrected chi connectivity index (χ2v) is 1.35. The molecule has 46 valence electrons. The Hall–Kier alpha value is -0.830. The van der Waals surface area contributed by atoms with Crippen molar-refractivity contribution in [2.75, 3.05) is 6.54 Å². The van der Waals surface area contributed by atoms with E-state index < -0.39 is 0 Å². The quantitative estimate of drug-likeness (QED) is 0.249. The van der Waals surface area contributed by atoms with Crippen molar-refractivity contribution in [2.24, 2.45) is 0 Å². The minimum absolute atomic E-state index is 0.326. The Morgan fingerprint density at radius 2 is 2.38 bits per heavy atom. The first-order valence-electron chi connectivity index (χ1n) is 2.33. The van der Waals surface area contributed by atoms with Gasteiger partial charge < -0.3 is 0 Å².